The first kappa shape index (κ1) is 97.8. The Morgan fingerprint density at radius 3 is 1.54 bits per heavy atom. The Hall–Kier alpha value is -11.7. The lowest BCUT2D eigenvalue weighted by atomic mass is 9.98. The van der Waals surface area contributed by atoms with Crippen molar-refractivity contribution in [2.45, 2.75) is 230 Å². The van der Waals surface area contributed by atoms with Gasteiger partial charge in [-0.05, 0) is 91.7 Å². The maximum atomic E-state index is 14.9. The van der Waals surface area contributed by atoms with Crippen LogP contribution in [-0.4, -0.2) is 235 Å². The van der Waals surface area contributed by atoms with E-state index in [9.17, 15) is 92.3 Å². The van der Waals surface area contributed by atoms with Crippen molar-refractivity contribution in [3.05, 3.63) is 108 Å². The molecule has 0 radical (unpaired) electrons. The molecule has 1 aliphatic heterocycles. The lowest BCUT2D eigenvalue weighted by Crippen LogP contribution is -2.62. The molecule has 1 fully saturated rings. The second-order valence-corrected chi connectivity index (χ2v) is 31.1. The number of carboxylic acid groups (broad SMARTS) is 2. The molecule has 2 heterocycles. The highest BCUT2D eigenvalue weighted by atomic mass is 32.2. The predicted octanol–water partition coefficient (Wildman–Crippen LogP) is -1.09. The number of carbonyl (C=O) groups is 15. The maximum absolute atomic E-state index is 14.9. The van der Waals surface area contributed by atoms with E-state index in [2.05, 4.69) is 84.4 Å². The monoisotopic (exact) mass is 1680 g/mol. The third-order valence-corrected chi connectivity index (χ3v) is 20.3. The molecule has 1 aromatic heterocycles. The fourth-order valence-electron chi connectivity index (χ4n) is 12.7. The predicted molar refractivity (Wildman–Crippen MR) is 440 cm³/mol. The highest BCUT2D eigenvalue weighted by Gasteiger charge is 2.39. The molecule has 1 aliphatic rings. The number of H-pyrrole nitrogens is 1. The van der Waals surface area contributed by atoms with Crippen molar-refractivity contribution in [1.29, 1.82) is 5.41 Å². The Balaban J connectivity index is 1.60. The van der Waals surface area contributed by atoms with E-state index in [0.717, 1.165) is 22.9 Å². The van der Waals surface area contributed by atoms with E-state index < -0.39 is 211 Å². The number of guanidine groups is 1. The second-order valence-electron chi connectivity index (χ2n) is 30.0. The standard InChI is InChI=1S/C80H117N19O19S/c1-8-10-13-20-54-70(109)94-61(37-66(105)106)77(116)98-63(68(81)107)41-119-42-64(102)88-46(7)69(108)90-56(22-17-31-85-80(82)83)71(110)91-55(21-14-11-9-2)72(111)92-58(34-48-25-29-53(101)30-26-48)74(113)93-59(35-51-38-84-43-87-51)75(114)95-60(36-65(103)104)76(115)97-62(40-100)78(117)99-67(45(5)6)79(118)96-57(32-44(3)4)73(112)89-52(39-86-54)33-47-23-27-50(28-24-47)49-18-15-12-16-19-49/h12,15-16,18-19,23-30,38,43-46,52,54-63,67,86,100-101H,8-11,13-14,17,20-22,31-37,39-42H2,1-7H3,(H2,81,107)(H,84,87)(H,88,102)(H,89,112)(H,90,108)(H,91,110)(H,92,111)(H,93,113)(H,94,109)(H,95,114)(H,96,118)(H,97,115)(H,98,116)(H,99,117)(H,103,104)(H,105,106)(H4,82,83,85)/t46-,52-,54-,55-,56-,57-,58-,59-,60-,61-,62-,63-,67-/m0/s1. The van der Waals surface area contributed by atoms with Gasteiger partial charge in [-0.15, -0.1) is 11.8 Å². The van der Waals surface area contributed by atoms with Gasteiger partial charge in [0.05, 0.1) is 43.3 Å². The number of hydrogen-bond acceptors (Lipinski definition) is 21. The third-order valence-electron chi connectivity index (χ3n) is 19.2. The molecule has 652 valence electrons. The number of unbranched alkanes of at least 4 members (excludes halogenated alkanes) is 4. The molecule has 39 heteroatoms. The van der Waals surface area contributed by atoms with Crippen molar-refractivity contribution < 1.29 is 92.3 Å². The number of primary amides is 1. The average Bonchev–Trinajstić information content (AvgIpc) is 1.68. The number of amides is 13. The van der Waals surface area contributed by atoms with E-state index >= 15 is 0 Å². The minimum atomic E-state index is -2.07. The van der Waals surface area contributed by atoms with Crippen molar-refractivity contribution in [1.82, 2.24) is 84.4 Å². The van der Waals surface area contributed by atoms with Gasteiger partial charge in [0.2, 0.25) is 76.8 Å². The van der Waals surface area contributed by atoms with E-state index in [4.69, 9.17) is 16.9 Å². The van der Waals surface area contributed by atoms with Crippen molar-refractivity contribution in [3.63, 3.8) is 0 Å². The lowest BCUT2D eigenvalue weighted by molar-refractivity contribution is -0.142. The molecule has 24 N–H and O–H groups in total. The normalized spacial score (nSPS) is 23.6. The number of aliphatic carboxylic acids is 2. The van der Waals surface area contributed by atoms with Gasteiger partial charge in [0.25, 0.3) is 0 Å². The number of aromatic hydroxyl groups is 1. The first-order valence-corrected chi connectivity index (χ1v) is 41.0. The fraction of sp³-hybridized carbons (Fsp3) is 0.537. The number of imidazole rings is 1. The molecule has 5 rings (SSSR count). The number of benzene rings is 3. The van der Waals surface area contributed by atoms with Crippen LogP contribution in [0, 0.1) is 17.2 Å². The Bertz CT molecular complexity index is 4050. The highest BCUT2D eigenvalue weighted by Crippen LogP contribution is 2.22. The highest BCUT2D eigenvalue weighted by molar-refractivity contribution is 8.00. The Labute approximate surface area is 694 Å². The number of carbonyl (C=O) groups excluding carboxylic acids is 13. The maximum Gasteiger partial charge on any atom is 0.305 e. The lowest BCUT2D eigenvalue weighted by Gasteiger charge is -2.30. The number of thioether (sulfide) groups is 1. The Morgan fingerprint density at radius 2 is 1.00 bits per heavy atom. The summed E-state index contributed by atoms with van der Waals surface area (Å²) in [6, 6.07) is 2.43. The smallest absolute Gasteiger partial charge is 0.305 e. The zero-order valence-corrected chi connectivity index (χ0v) is 68.9. The van der Waals surface area contributed by atoms with Gasteiger partial charge in [0, 0.05) is 43.9 Å². The summed E-state index contributed by atoms with van der Waals surface area (Å²) < 4.78 is 0. The van der Waals surface area contributed by atoms with Gasteiger partial charge in [0.15, 0.2) is 5.96 Å². The van der Waals surface area contributed by atoms with Crippen molar-refractivity contribution >= 4 is 106 Å². The summed E-state index contributed by atoms with van der Waals surface area (Å²) in [6.07, 6.45) is 3.08. The molecule has 0 saturated carbocycles. The molecule has 4 aromatic rings. The summed E-state index contributed by atoms with van der Waals surface area (Å²) in [5.74, 6) is -18.7. The van der Waals surface area contributed by atoms with Crippen LogP contribution in [0.15, 0.2) is 91.4 Å². The summed E-state index contributed by atoms with van der Waals surface area (Å²) in [6.45, 7) is 10.5. The van der Waals surface area contributed by atoms with Crippen LogP contribution >= 0.6 is 11.8 Å². The van der Waals surface area contributed by atoms with Crippen LogP contribution in [0.25, 0.3) is 11.1 Å². The molecule has 3 aromatic carbocycles. The summed E-state index contributed by atoms with van der Waals surface area (Å²) in [5.41, 5.74) is 14.3. The minimum Gasteiger partial charge on any atom is -0.508 e. The number of aromatic amines is 1. The minimum absolute atomic E-state index is 0.0164. The van der Waals surface area contributed by atoms with Crippen LogP contribution in [0.5, 0.6) is 5.75 Å². The fourth-order valence-corrected chi connectivity index (χ4v) is 13.6. The Kier molecular flexibility index (Phi) is 41.8. The number of aliphatic hydroxyl groups is 1. The van der Waals surface area contributed by atoms with Gasteiger partial charge in [-0.3, -0.25) is 77.3 Å². The van der Waals surface area contributed by atoms with Gasteiger partial charge in [-0.25, -0.2) is 4.98 Å². The second kappa shape index (κ2) is 50.8. The van der Waals surface area contributed by atoms with Crippen LogP contribution in [0.1, 0.15) is 149 Å². The number of carboxylic acids is 2. The van der Waals surface area contributed by atoms with Gasteiger partial charge < -0.3 is 111 Å². The summed E-state index contributed by atoms with van der Waals surface area (Å²) in [5, 5.41) is 85.5. The molecule has 0 aliphatic carbocycles. The zero-order valence-electron chi connectivity index (χ0n) is 68.1. The topological polar surface area (TPSA) is 610 Å². The van der Waals surface area contributed by atoms with E-state index in [1.165, 1.54) is 43.7 Å². The largest absolute Gasteiger partial charge is 0.508 e. The first-order valence-electron chi connectivity index (χ1n) is 39.8. The van der Waals surface area contributed by atoms with Gasteiger partial charge in [0.1, 0.15) is 72.2 Å². The number of nitrogens with zero attached hydrogens (tertiary/aromatic N) is 1. The molecular formula is C80H117N19O19S. The van der Waals surface area contributed by atoms with Crippen LogP contribution in [0.2, 0.25) is 0 Å². The summed E-state index contributed by atoms with van der Waals surface area (Å²) in [7, 11) is 0. The molecule has 119 heavy (non-hydrogen) atoms. The number of aliphatic hydroxyl groups excluding tert-OH is 1. The van der Waals surface area contributed by atoms with Crippen molar-refractivity contribution in [3.8, 4) is 16.9 Å². The van der Waals surface area contributed by atoms with Crippen molar-refractivity contribution in [2.75, 3.05) is 31.2 Å². The number of phenols is 1. The average molecular weight is 1680 g/mol. The molecule has 13 amide bonds. The number of phenolic OH excluding ortho intramolecular Hbond substituents is 1. The molecule has 38 nitrogen and oxygen atoms in total. The number of nitrogens with one attached hydrogen (secondary N) is 16. The van der Waals surface area contributed by atoms with E-state index in [-0.39, 0.29) is 81.1 Å². The Morgan fingerprint density at radius 1 is 0.529 bits per heavy atom. The number of nitrogens with two attached hydrogens (primary N) is 2. The number of aromatic nitrogens is 2. The van der Waals surface area contributed by atoms with Crippen molar-refractivity contribution in [2.24, 2.45) is 23.3 Å². The van der Waals surface area contributed by atoms with Crippen LogP contribution in [0.4, 0.5) is 0 Å². The number of hydrogen-bond donors (Lipinski definition) is 22. The van der Waals surface area contributed by atoms with E-state index in [1.54, 1.807) is 27.7 Å². The SMILES string of the molecule is CCCCC[C@@H]1NC[C@H](Cc2ccc(-c3ccccc3)cc2)NC(=O)[C@H](CC(C)C)NC(=O)[C@H](C(C)C)NC(=O)[C@H](CO)NC(=O)[C@H](CC(=O)O)NC(=O)[C@H](Cc2c[nH]cn2)NC(=O)[C@H](Cc2ccc(O)cc2)NC(=O)[C@H](CCCCC)NC(=O)[C@H](CCCNC(=N)N)NC(=O)[C@H](C)NC(=O)CSC[C@@H](C(N)=O)NC(=O)[C@H](CC(=O)O)NC1=O. The molecule has 0 spiro atoms. The number of rotatable bonds is 28. The molecule has 1 saturated heterocycles. The molecule has 13 atom stereocenters. The van der Waals surface area contributed by atoms with Gasteiger partial charge in [-0.2, -0.15) is 0 Å². The van der Waals surface area contributed by atoms with E-state index in [1.807, 2.05) is 68.4 Å². The quantitative estimate of drug-likeness (QED) is 0.0182. The van der Waals surface area contributed by atoms with Crippen LogP contribution in [-0.2, 0) is 91.2 Å². The summed E-state index contributed by atoms with van der Waals surface area (Å²) >= 11 is 0.774. The van der Waals surface area contributed by atoms with Gasteiger partial charge in [-0.1, -0.05) is 147 Å². The molecular weight excluding hydrogens is 1560 g/mol. The van der Waals surface area contributed by atoms with Crippen LogP contribution < -0.4 is 85.9 Å². The van der Waals surface area contributed by atoms with Crippen LogP contribution in [0.3, 0.4) is 0 Å². The van der Waals surface area contributed by atoms with E-state index in [0.29, 0.717) is 49.7 Å². The molecule has 0 unspecified atom stereocenters. The van der Waals surface area contributed by atoms with Gasteiger partial charge >= 0.3 is 11.9 Å². The summed E-state index contributed by atoms with van der Waals surface area (Å²) in [4.78, 5) is 219. The zero-order chi connectivity index (χ0) is 87.8. The third kappa shape index (κ3) is 35.2. The first-order chi connectivity index (χ1) is 56.6. The molecule has 0 bridgehead atoms.